The number of rotatable bonds is 4. The van der Waals surface area contributed by atoms with Crippen LogP contribution in [0.1, 0.15) is 25.8 Å². The molecule has 0 bridgehead atoms. The topological polar surface area (TPSA) is 76.7 Å². The molecule has 0 aliphatic heterocycles. The average molecular weight is 270 g/mol. The number of nitrogen functional groups attached to an aromatic ring is 1. The lowest BCUT2D eigenvalue weighted by atomic mass is 10.1. The number of halogens is 1. The van der Waals surface area contributed by atoms with Crippen molar-refractivity contribution < 1.29 is 9.53 Å². The van der Waals surface area contributed by atoms with Crippen LogP contribution in [0.25, 0.3) is 0 Å². The Morgan fingerprint density at radius 1 is 1.50 bits per heavy atom. The Bertz CT molecular complexity index is 461. The van der Waals surface area contributed by atoms with E-state index in [1.165, 1.54) is 0 Å². The Kier molecular flexibility index (Phi) is 5.45. The fraction of sp³-hybridized carbons (Fsp3) is 0.333. The van der Waals surface area contributed by atoms with Crippen LogP contribution in [0.15, 0.2) is 23.3 Å². The number of hydrogen-bond donors (Lipinski definition) is 2. The zero-order valence-electron chi connectivity index (χ0n) is 10.4. The molecule has 0 atom stereocenters. The molecule has 5 nitrogen and oxygen atoms in total. The van der Waals surface area contributed by atoms with Crippen molar-refractivity contribution in [3.05, 3.63) is 28.8 Å². The summed E-state index contributed by atoms with van der Waals surface area (Å²) in [6.07, 6.45) is 0.0146. The number of nitrogens with one attached hydrogen (secondary N) is 1. The molecule has 0 saturated carbocycles. The molecule has 1 aromatic carbocycles. The van der Waals surface area contributed by atoms with Crippen LogP contribution in [-0.4, -0.2) is 18.4 Å². The summed E-state index contributed by atoms with van der Waals surface area (Å²) in [5.74, 6) is 0. The number of carbonyl (C=O) groups is 1. The Labute approximate surface area is 111 Å². The van der Waals surface area contributed by atoms with Gasteiger partial charge >= 0.3 is 6.09 Å². The first kappa shape index (κ1) is 14.3. The van der Waals surface area contributed by atoms with Crippen LogP contribution >= 0.6 is 11.6 Å². The predicted molar refractivity (Wildman–Crippen MR) is 72.9 cm³/mol. The van der Waals surface area contributed by atoms with E-state index in [0.717, 1.165) is 0 Å². The van der Waals surface area contributed by atoms with Gasteiger partial charge in [-0.2, -0.15) is 5.10 Å². The molecular formula is C12H16ClN3O2. The highest BCUT2D eigenvalue weighted by atomic mass is 35.5. The van der Waals surface area contributed by atoms with Crippen LogP contribution in [0.3, 0.4) is 0 Å². The van der Waals surface area contributed by atoms with Gasteiger partial charge < -0.3 is 10.5 Å². The number of hydrogen-bond acceptors (Lipinski definition) is 4. The lowest BCUT2D eigenvalue weighted by Crippen LogP contribution is -2.21. The van der Waals surface area contributed by atoms with E-state index in [1.54, 1.807) is 25.1 Å². The van der Waals surface area contributed by atoms with Gasteiger partial charge in [0.25, 0.3) is 0 Å². The summed E-state index contributed by atoms with van der Waals surface area (Å²) in [5.41, 5.74) is 10.1. The Morgan fingerprint density at radius 3 is 2.83 bits per heavy atom. The van der Waals surface area contributed by atoms with Gasteiger partial charge in [0.2, 0.25) is 0 Å². The zero-order chi connectivity index (χ0) is 13.5. The van der Waals surface area contributed by atoms with Crippen LogP contribution in [0.2, 0.25) is 5.02 Å². The van der Waals surface area contributed by atoms with Crippen LogP contribution < -0.4 is 11.2 Å². The quantitative estimate of drug-likeness (QED) is 0.501. The lowest BCUT2D eigenvalue weighted by Gasteiger charge is -2.08. The van der Waals surface area contributed by atoms with Gasteiger partial charge in [0.1, 0.15) is 0 Å². The first-order valence-electron chi connectivity index (χ1n) is 5.63. The molecule has 6 heteroatoms. The number of carbonyl (C=O) groups excluding carboxylic acids is 1. The largest absolute Gasteiger partial charge is 0.449 e. The predicted octanol–water partition coefficient (Wildman–Crippen LogP) is 2.78. The van der Waals surface area contributed by atoms with E-state index >= 15 is 0 Å². The summed E-state index contributed by atoms with van der Waals surface area (Å²) < 4.78 is 4.71. The lowest BCUT2D eigenvalue weighted by molar-refractivity contribution is 0.152. The molecule has 0 aliphatic rings. The number of anilines is 1. The summed E-state index contributed by atoms with van der Waals surface area (Å²) in [4.78, 5) is 11.1. The van der Waals surface area contributed by atoms with E-state index in [0.29, 0.717) is 35.0 Å². The van der Waals surface area contributed by atoms with Crippen molar-refractivity contribution in [3.8, 4) is 0 Å². The first-order valence-corrected chi connectivity index (χ1v) is 6.01. The van der Waals surface area contributed by atoms with Gasteiger partial charge in [0.05, 0.1) is 12.3 Å². The second-order valence-electron chi connectivity index (χ2n) is 3.48. The number of nitrogens with zero attached hydrogens (tertiary/aromatic N) is 1. The number of benzene rings is 1. The maximum absolute atomic E-state index is 11.1. The third-order valence-corrected chi connectivity index (χ3v) is 2.45. The fourth-order valence-corrected chi connectivity index (χ4v) is 1.56. The first-order chi connectivity index (χ1) is 8.58. The molecule has 0 saturated heterocycles. The molecule has 18 heavy (non-hydrogen) atoms. The molecule has 0 spiro atoms. The molecular weight excluding hydrogens is 254 g/mol. The van der Waals surface area contributed by atoms with Crippen molar-refractivity contribution in [1.29, 1.82) is 0 Å². The van der Waals surface area contributed by atoms with Crippen molar-refractivity contribution in [2.24, 2.45) is 5.10 Å². The molecule has 0 unspecified atom stereocenters. The fourth-order valence-electron chi connectivity index (χ4n) is 1.38. The molecule has 1 aromatic rings. The van der Waals surface area contributed by atoms with Gasteiger partial charge in [-0.25, -0.2) is 10.2 Å². The molecule has 0 fully saturated rings. The third kappa shape index (κ3) is 3.92. The van der Waals surface area contributed by atoms with E-state index in [9.17, 15) is 4.79 Å². The molecule has 1 rings (SSSR count). The molecule has 1 amide bonds. The van der Waals surface area contributed by atoms with Gasteiger partial charge in [0, 0.05) is 16.3 Å². The summed E-state index contributed by atoms with van der Waals surface area (Å²) in [7, 11) is 0. The summed E-state index contributed by atoms with van der Waals surface area (Å²) in [6, 6.07) is 5.12. The van der Waals surface area contributed by atoms with Gasteiger partial charge in [-0.3, -0.25) is 0 Å². The van der Waals surface area contributed by atoms with E-state index < -0.39 is 6.09 Å². The van der Waals surface area contributed by atoms with Crippen LogP contribution in [0.5, 0.6) is 0 Å². The number of hydrazone groups is 1. The Morgan fingerprint density at radius 2 is 2.22 bits per heavy atom. The molecule has 0 radical (unpaired) electrons. The number of nitrogens with two attached hydrogens (primary N) is 1. The molecule has 0 aliphatic carbocycles. The number of amides is 1. The van der Waals surface area contributed by atoms with Gasteiger partial charge in [-0.15, -0.1) is 0 Å². The Hall–Kier alpha value is -1.75. The van der Waals surface area contributed by atoms with E-state index in [1.807, 2.05) is 6.92 Å². The van der Waals surface area contributed by atoms with Crippen molar-refractivity contribution >= 4 is 29.1 Å². The van der Waals surface area contributed by atoms with E-state index in [2.05, 4.69) is 10.5 Å². The summed E-state index contributed by atoms with van der Waals surface area (Å²) in [5, 5.41) is 4.55. The van der Waals surface area contributed by atoms with Crippen molar-refractivity contribution in [2.75, 3.05) is 12.3 Å². The van der Waals surface area contributed by atoms with Crippen LogP contribution in [0.4, 0.5) is 10.5 Å². The molecule has 0 heterocycles. The number of ether oxygens (including phenoxy) is 1. The normalized spacial score (nSPS) is 11.2. The van der Waals surface area contributed by atoms with Crippen LogP contribution in [-0.2, 0) is 4.74 Å². The Balaban J connectivity index is 2.91. The minimum Gasteiger partial charge on any atom is -0.449 e. The third-order valence-electron chi connectivity index (χ3n) is 2.22. The summed E-state index contributed by atoms with van der Waals surface area (Å²) >= 11 is 5.91. The van der Waals surface area contributed by atoms with Gasteiger partial charge in [-0.1, -0.05) is 18.5 Å². The molecule has 0 aromatic heterocycles. The van der Waals surface area contributed by atoms with Crippen LogP contribution in [0, 0.1) is 0 Å². The zero-order valence-corrected chi connectivity index (χ0v) is 11.1. The minimum atomic E-state index is -0.593. The van der Waals surface area contributed by atoms with E-state index in [4.69, 9.17) is 22.1 Å². The second kappa shape index (κ2) is 6.86. The summed E-state index contributed by atoms with van der Waals surface area (Å²) in [6.45, 7) is 3.92. The monoisotopic (exact) mass is 269 g/mol. The van der Waals surface area contributed by atoms with E-state index in [-0.39, 0.29) is 0 Å². The highest BCUT2D eigenvalue weighted by molar-refractivity contribution is 6.31. The maximum atomic E-state index is 11.1. The SMILES string of the molecule is CCOC(=O)N/N=C(\CC)c1cc(Cl)ccc1N. The minimum absolute atomic E-state index is 0.294. The molecule has 98 valence electrons. The molecule has 3 N–H and O–H groups in total. The highest BCUT2D eigenvalue weighted by Crippen LogP contribution is 2.19. The van der Waals surface area contributed by atoms with Gasteiger partial charge in [0.15, 0.2) is 0 Å². The second-order valence-corrected chi connectivity index (χ2v) is 3.91. The smallest absolute Gasteiger partial charge is 0.427 e. The van der Waals surface area contributed by atoms with Crippen molar-refractivity contribution in [2.45, 2.75) is 20.3 Å². The van der Waals surface area contributed by atoms with Gasteiger partial charge in [-0.05, 0) is 31.5 Å². The maximum Gasteiger partial charge on any atom is 0.427 e. The average Bonchev–Trinajstić information content (AvgIpc) is 2.34. The van der Waals surface area contributed by atoms with Crippen molar-refractivity contribution in [3.63, 3.8) is 0 Å². The highest BCUT2D eigenvalue weighted by Gasteiger charge is 2.08. The standard InChI is InChI=1S/C12H16ClN3O2/c1-3-11(15-16-12(17)18-4-2)9-7-8(13)5-6-10(9)14/h5-7H,3-4,14H2,1-2H3,(H,16,17)/b15-11+. The van der Waals surface area contributed by atoms with Crippen molar-refractivity contribution in [1.82, 2.24) is 5.43 Å².